The van der Waals surface area contributed by atoms with E-state index in [1.54, 1.807) is 12.1 Å². The van der Waals surface area contributed by atoms with E-state index in [9.17, 15) is 0 Å². The normalized spacial score (nSPS) is 12.8. The molecule has 1 aromatic rings. The first-order valence-corrected chi connectivity index (χ1v) is 6.20. The smallest absolute Gasteiger partial charge is 0.237 e. The maximum atomic E-state index is 8.62. The molecule has 1 aromatic carbocycles. The first kappa shape index (κ1) is 12.6. The number of nitrogens with zero attached hydrogens (tertiary/aromatic N) is 3. The zero-order chi connectivity index (χ0) is 13.0. The van der Waals surface area contributed by atoms with Gasteiger partial charge in [-0.15, -0.1) is 0 Å². The summed E-state index contributed by atoms with van der Waals surface area (Å²) in [5, 5.41) is 24.3. The van der Waals surface area contributed by atoms with Crippen molar-refractivity contribution in [2.24, 2.45) is 5.10 Å². The monoisotopic (exact) mass is 303 g/mol. The maximum Gasteiger partial charge on any atom is 0.237 e. The van der Waals surface area contributed by atoms with Crippen molar-refractivity contribution in [2.75, 3.05) is 12.0 Å². The van der Waals surface area contributed by atoms with E-state index in [0.29, 0.717) is 0 Å². The minimum absolute atomic E-state index is 0.185. The summed E-state index contributed by atoms with van der Waals surface area (Å²) in [6.45, 7) is 1.70. The van der Waals surface area contributed by atoms with Crippen LogP contribution in [0.3, 0.4) is 0 Å². The van der Waals surface area contributed by atoms with Crippen LogP contribution in [-0.4, -0.2) is 12.3 Å². The van der Waals surface area contributed by atoms with Crippen LogP contribution >= 0.6 is 15.9 Å². The van der Waals surface area contributed by atoms with E-state index in [0.717, 1.165) is 35.2 Å². The van der Waals surface area contributed by atoms with Crippen molar-refractivity contribution in [3.8, 4) is 12.1 Å². The van der Waals surface area contributed by atoms with Gasteiger partial charge in [0.05, 0.1) is 5.69 Å². The number of hydrogen-bond donors (Lipinski definition) is 2. The molecule has 18 heavy (non-hydrogen) atoms. The van der Waals surface area contributed by atoms with Crippen LogP contribution in [0.4, 0.5) is 5.69 Å². The molecule has 2 rings (SSSR count). The van der Waals surface area contributed by atoms with Crippen LogP contribution in [0, 0.1) is 22.7 Å². The van der Waals surface area contributed by atoms with Gasteiger partial charge in [0.2, 0.25) is 5.71 Å². The Morgan fingerprint density at radius 2 is 2.11 bits per heavy atom. The van der Waals surface area contributed by atoms with E-state index in [-0.39, 0.29) is 5.71 Å². The second kappa shape index (κ2) is 5.63. The summed E-state index contributed by atoms with van der Waals surface area (Å²) in [6.07, 6.45) is 0.943. The third-order valence-electron chi connectivity index (χ3n) is 2.73. The predicted octanol–water partition coefficient (Wildman–Crippen LogP) is 1.91. The fourth-order valence-electron chi connectivity index (χ4n) is 1.86. The summed E-state index contributed by atoms with van der Waals surface area (Å²) in [4.78, 5) is 0. The highest BCUT2D eigenvalue weighted by atomic mass is 79.9. The van der Waals surface area contributed by atoms with E-state index >= 15 is 0 Å². The van der Waals surface area contributed by atoms with Crippen molar-refractivity contribution < 1.29 is 0 Å². The van der Waals surface area contributed by atoms with E-state index in [1.807, 2.05) is 12.1 Å². The summed E-state index contributed by atoms with van der Waals surface area (Å²) in [5.41, 5.74) is 5.78. The number of nitriles is 2. The lowest BCUT2D eigenvalue weighted by Crippen LogP contribution is -2.24. The second-order valence-corrected chi connectivity index (χ2v) is 4.63. The number of nitrogens with one attached hydrogen (secondary N) is 2. The molecule has 0 aliphatic carbocycles. The number of benzene rings is 1. The molecule has 1 heterocycles. The number of halogens is 1. The molecule has 0 fully saturated rings. The average Bonchev–Trinajstić information content (AvgIpc) is 2.42. The Kier molecular flexibility index (Phi) is 3.93. The number of hydrogen-bond acceptors (Lipinski definition) is 5. The highest BCUT2D eigenvalue weighted by Gasteiger charge is 2.15. The van der Waals surface area contributed by atoms with Gasteiger partial charge in [0, 0.05) is 11.0 Å². The molecule has 0 amide bonds. The Morgan fingerprint density at radius 1 is 1.33 bits per heavy atom. The van der Waals surface area contributed by atoms with Gasteiger partial charge in [0.1, 0.15) is 12.1 Å². The van der Waals surface area contributed by atoms with Crippen molar-refractivity contribution in [2.45, 2.75) is 13.0 Å². The lowest BCUT2D eigenvalue weighted by atomic mass is 9.99. The Hall–Kier alpha value is -1.89. The van der Waals surface area contributed by atoms with Gasteiger partial charge in [-0.25, -0.2) is 0 Å². The molecule has 5 nitrogen and oxygen atoms in total. The van der Waals surface area contributed by atoms with E-state index in [4.69, 9.17) is 10.5 Å². The first-order chi connectivity index (χ1) is 8.76. The van der Waals surface area contributed by atoms with Gasteiger partial charge in [-0.05, 0) is 36.2 Å². The summed E-state index contributed by atoms with van der Waals surface area (Å²) in [6, 6.07) is 7.26. The van der Waals surface area contributed by atoms with Gasteiger partial charge < -0.3 is 5.32 Å². The van der Waals surface area contributed by atoms with Crippen LogP contribution in [0.15, 0.2) is 21.7 Å². The zero-order valence-corrected chi connectivity index (χ0v) is 11.1. The first-order valence-electron chi connectivity index (χ1n) is 5.41. The molecule has 0 unspecified atom stereocenters. The van der Waals surface area contributed by atoms with Gasteiger partial charge in [0.25, 0.3) is 0 Å². The molecule has 2 N–H and O–H groups in total. The van der Waals surface area contributed by atoms with Crippen LogP contribution in [0.1, 0.15) is 11.1 Å². The van der Waals surface area contributed by atoms with Crippen molar-refractivity contribution >= 4 is 27.3 Å². The summed E-state index contributed by atoms with van der Waals surface area (Å²) in [7, 11) is 0. The topological polar surface area (TPSA) is 84.0 Å². The lowest BCUT2D eigenvalue weighted by Gasteiger charge is -2.21. The number of anilines is 1. The molecule has 0 aromatic heterocycles. The molecule has 0 atom stereocenters. The van der Waals surface area contributed by atoms with Crippen molar-refractivity contribution in [3.63, 3.8) is 0 Å². The molecule has 0 saturated heterocycles. The highest BCUT2D eigenvalue weighted by molar-refractivity contribution is 9.10. The fraction of sp³-hybridized carbons (Fsp3) is 0.250. The molecule has 0 bridgehead atoms. The van der Waals surface area contributed by atoms with Gasteiger partial charge in [-0.2, -0.15) is 15.6 Å². The molecule has 6 heteroatoms. The number of rotatable bonds is 2. The Balaban J connectivity index is 2.33. The average molecular weight is 304 g/mol. The lowest BCUT2D eigenvalue weighted by molar-refractivity contribution is 0.643. The minimum atomic E-state index is -0.185. The fourth-order valence-corrected chi connectivity index (χ4v) is 2.43. The van der Waals surface area contributed by atoms with Crippen LogP contribution in [-0.2, 0) is 13.0 Å². The zero-order valence-electron chi connectivity index (χ0n) is 9.50. The van der Waals surface area contributed by atoms with Crippen LogP contribution in [0.2, 0.25) is 0 Å². The van der Waals surface area contributed by atoms with E-state index in [2.05, 4.69) is 31.8 Å². The quantitative estimate of drug-likeness (QED) is 0.646. The largest absolute Gasteiger partial charge is 0.312 e. The molecule has 0 radical (unpaired) electrons. The summed E-state index contributed by atoms with van der Waals surface area (Å²) in [5.74, 6) is 0. The second-order valence-electron chi connectivity index (χ2n) is 3.77. The predicted molar refractivity (Wildman–Crippen MR) is 71.8 cm³/mol. The van der Waals surface area contributed by atoms with Gasteiger partial charge in [0.15, 0.2) is 0 Å². The third-order valence-corrected chi connectivity index (χ3v) is 3.47. The molecule has 0 saturated carbocycles. The summed E-state index contributed by atoms with van der Waals surface area (Å²) < 4.78 is 1.08. The third kappa shape index (κ3) is 2.51. The molecule has 0 spiro atoms. The van der Waals surface area contributed by atoms with Gasteiger partial charge in [-0.1, -0.05) is 15.9 Å². The molecular formula is C12H10BrN5. The van der Waals surface area contributed by atoms with Crippen LogP contribution < -0.4 is 10.7 Å². The van der Waals surface area contributed by atoms with E-state index in [1.165, 1.54) is 5.56 Å². The Bertz CT molecular complexity index is 563. The molecule has 1 aliphatic heterocycles. The SMILES string of the molecule is N#CC(C#N)=NNc1ccc(Br)c2c1CNCC2. The van der Waals surface area contributed by atoms with Crippen molar-refractivity contribution in [3.05, 3.63) is 27.7 Å². The van der Waals surface area contributed by atoms with Gasteiger partial charge in [-0.3, -0.25) is 5.43 Å². The molecule has 1 aliphatic rings. The van der Waals surface area contributed by atoms with E-state index < -0.39 is 0 Å². The highest BCUT2D eigenvalue weighted by Crippen LogP contribution is 2.29. The Labute approximate surface area is 113 Å². The van der Waals surface area contributed by atoms with Crippen molar-refractivity contribution in [1.82, 2.24) is 5.32 Å². The molecule has 90 valence electrons. The number of hydrazone groups is 1. The standard InChI is InChI=1S/C12H10BrN5/c13-11-1-2-12(18-17-8(5-14)6-15)10-7-16-4-3-9(10)11/h1-2,16,18H,3-4,7H2. The van der Waals surface area contributed by atoms with Crippen molar-refractivity contribution in [1.29, 1.82) is 10.5 Å². The Morgan fingerprint density at radius 3 is 2.83 bits per heavy atom. The maximum absolute atomic E-state index is 8.62. The van der Waals surface area contributed by atoms with Crippen LogP contribution in [0.25, 0.3) is 0 Å². The minimum Gasteiger partial charge on any atom is -0.312 e. The summed E-state index contributed by atoms with van der Waals surface area (Å²) >= 11 is 3.53. The van der Waals surface area contributed by atoms with Crippen LogP contribution in [0.5, 0.6) is 0 Å². The van der Waals surface area contributed by atoms with Gasteiger partial charge >= 0.3 is 0 Å². The number of fused-ring (bicyclic) bond motifs is 1. The molecular weight excluding hydrogens is 294 g/mol.